The molecule has 0 aliphatic rings. The normalized spacial score (nSPS) is 10.6. The van der Waals surface area contributed by atoms with Gasteiger partial charge in [-0.2, -0.15) is 0 Å². The molecule has 0 fully saturated rings. The van der Waals surface area contributed by atoms with E-state index >= 15 is 0 Å². The molecule has 4 nitrogen and oxygen atoms in total. The Labute approximate surface area is 117 Å². The molecule has 0 aliphatic heterocycles. The summed E-state index contributed by atoms with van der Waals surface area (Å²) in [5, 5.41) is 8.09. The van der Waals surface area contributed by atoms with Crippen LogP contribution in [0.2, 0.25) is 0 Å². The Balaban J connectivity index is 1.91. The third-order valence-electron chi connectivity index (χ3n) is 2.80. The maximum absolute atomic E-state index is 5.63. The van der Waals surface area contributed by atoms with E-state index in [9.17, 15) is 0 Å². The molecule has 1 aromatic heterocycles. The molecule has 2 aromatic rings. The van der Waals surface area contributed by atoms with Crippen molar-refractivity contribution in [2.45, 2.75) is 25.7 Å². The Morgan fingerprint density at radius 1 is 1.11 bits per heavy atom. The van der Waals surface area contributed by atoms with E-state index in [2.05, 4.69) is 10.2 Å². The smallest absolute Gasteiger partial charge is 0.220 e. The second-order valence-electron chi connectivity index (χ2n) is 4.26. The molecule has 0 unspecified atom stereocenters. The van der Waals surface area contributed by atoms with Crippen LogP contribution >= 0.6 is 11.6 Å². The van der Waals surface area contributed by atoms with Crippen molar-refractivity contribution in [2.24, 2.45) is 0 Å². The Morgan fingerprint density at radius 2 is 1.84 bits per heavy atom. The van der Waals surface area contributed by atoms with Gasteiger partial charge >= 0.3 is 0 Å². The van der Waals surface area contributed by atoms with Gasteiger partial charge in [0.25, 0.3) is 0 Å². The first-order valence-electron chi connectivity index (χ1n) is 6.32. The van der Waals surface area contributed by atoms with Crippen LogP contribution in [0.25, 0.3) is 0 Å². The first-order valence-corrected chi connectivity index (χ1v) is 6.85. The van der Waals surface area contributed by atoms with Gasteiger partial charge in [-0.15, -0.1) is 21.8 Å². The van der Waals surface area contributed by atoms with E-state index in [0.29, 0.717) is 24.1 Å². The molecule has 1 heterocycles. The minimum Gasteiger partial charge on any atom is -0.497 e. The average Bonchev–Trinajstić information content (AvgIpc) is 2.88. The highest BCUT2D eigenvalue weighted by atomic mass is 35.5. The average molecular weight is 281 g/mol. The Kier molecular flexibility index (Phi) is 5.21. The first kappa shape index (κ1) is 13.9. The zero-order valence-electron chi connectivity index (χ0n) is 10.9. The Morgan fingerprint density at radius 3 is 2.53 bits per heavy atom. The molecule has 0 radical (unpaired) electrons. The maximum atomic E-state index is 5.63. The summed E-state index contributed by atoms with van der Waals surface area (Å²) < 4.78 is 10.7. The zero-order chi connectivity index (χ0) is 13.5. The summed E-state index contributed by atoms with van der Waals surface area (Å²) >= 11 is 5.63. The third-order valence-corrected chi connectivity index (χ3v) is 3.06. The lowest BCUT2D eigenvalue weighted by molar-refractivity contribution is 0.414. The van der Waals surface area contributed by atoms with E-state index in [4.69, 9.17) is 20.8 Å². The van der Waals surface area contributed by atoms with Crippen molar-refractivity contribution in [1.82, 2.24) is 10.2 Å². The molecule has 5 heteroatoms. The lowest BCUT2D eigenvalue weighted by atomic mass is 10.1. The lowest BCUT2D eigenvalue weighted by Gasteiger charge is -2.00. The summed E-state index contributed by atoms with van der Waals surface area (Å²) in [5.41, 5.74) is 1.12. The van der Waals surface area contributed by atoms with Crippen molar-refractivity contribution >= 4 is 11.6 Å². The van der Waals surface area contributed by atoms with Gasteiger partial charge in [-0.05, 0) is 30.5 Å². The third kappa shape index (κ3) is 4.24. The minimum atomic E-state index is 0.644. The van der Waals surface area contributed by atoms with Crippen molar-refractivity contribution in [1.29, 1.82) is 0 Å². The number of hydrogen-bond acceptors (Lipinski definition) is 4. The summed E-state index contributed by atoms with van der Waals surface area (Å²) in [5.74, 6) is 2.85. The molecule has 0 saturated heterocycles. The van der Waals surface area contributed by atoms with Gasteiger partial charge in [0.05, 0.1) is 13.5 Å². The number of methoxy groups -OCH3 is 1. The van der Waals surface area contributed by atoms with Gasteiger partial charge in [-0.3, -0.25) is 0 Å². The van der Waals surface area contributed by atoms with Crippen LogP contribution in [-0.2, 0) is 12.8 Å². The molecule has 102 valence electrons. The fourth-order valence-electron chi connectivity index (χ4n) is 1.75. The lowest BCUT2D eigenvalue weighted by Crippen LogP contribution is -1.89. The number of aryl methyl sites for hydroxylation is 1. The predicted octanol–water partition coefficient (Wildman–Crippen LogP) is 3.23. The Bertz CT molecular complexity index is 496. The van der Waals surface area contributed by atoms with Crippen molar-refractivity contribution in [2.75, 3.05) is 13.0 Å². The highest BCUT2D eigenvalue weighted by molar-refractivity contribution is 6.17. The van der Waals surface area contributed by atoms with Gasteiger partial charge in [0, 0.05) is 12.3 Å². The number of aromatic nitrogens is 2. The molecule has 0 aliphatic carbocycles. The number of hydrogen-bond donors (Lipinski definition) is 0. The molecule has 0 saturated carbocycles. The van der Waals surface area contributed by atoms with E-state index in [1.165, 1.54) is 0 Å². The van der Waals surface area contributed by atoms with Crippen LogP contribution in [0.4, 0.5) is 0 Å². The fourth-order valence-corrected chi connectivity index (χ4v) is 1.94. The SMILES string of the molecule is COc1ccc(Cc2nnc(CCCCCl)o2)cc1. The van der Waals surface area contributed by atoms with Gasteiger partial charge < -0.3 is 9.15 Å². The second kappa shape index (κ2) is 7.14. The quantitative estimate of drug-likeness (QED) is 0.577. The van der Waals surface area contributed by atoms with Crippen LogP contribution in [0.15, 0.2) is 28.7 Å². The molecule has 2 rings (SSSR count). The topological polar surface area (TPSA) is 48.2 Å². The number of alkyl halides is 1. The molecule has 0 N–H and O–H groups in total. The predicted molar refractivity (Wildman–Crippen MR) is 73.8 cm³/mol. The second-order valence-corrected chi connectivity index (χ2v) is 4.64. The van der Waals surface area contributed by atoms with Crippen LogP contribution < -0.4 is 4.74 Å². The number of nitrogens with zero attached hydrogens (tertiary/aromatic N) is 2. The van der Waals surface area contributed by atoms with Gasteiger partial charge in [-0.25, -0.2) is 0 Å². The number of ether oxygens (including phenoxy) is 1. The van der Waals surface area contributed by atoms with Crippen LogP contribution in [0.1, 0.15) is 30.2 Å². The van der Waals surface area contributed by atoms with Crippen LogP contribution in [0.5, 0.6) is 5.75 Å². The van der Waals surface area contributed by atoms with Gasteiger partial charge in [0.1, 0.15) is 5.75 Å². The molecule has 19 heavy (non-hydrogen) atoms. The molecule has 0 amide bonds. The largest absolute Gasteiger partial charge is 0.497 e. The standard InChI is InChI=1S/C14H17ClN2O2/c1-18-12-7-5-11(6-8-12)10-14-17-16-13(19-14)4-2-3-9-15/h5-8H,2-4,9-10H2,1H3. The highest BCUT2D eigenvalue weighted by Crippen LogP contribution is 2.14. The van der Waals surface area contributed by atoms with Gasteiger partial charge in [-0.1, -0.05) is 12.1 Å². The zero-order valence-corrected chi connectivity index (χ0v) is 11.7. The monoisotopic (exact) mass is 280 g/mol. The fraction of sp³-hybridized carbons (Fsp3) is 0.429. The van der Waals surface area contributed by atoms with Crippen molar-refractivity contribution < 1.29 is 9.15 Å². The Hall–Kier alpha value is -1.55. The first-order chi connectivity index (χ1) is 9.31. The molecular formula is C14H17ClN2O2. The summed E-state index contributed by atoms with van der Waals surface area (Å²) in [6.07, 6.45) is 3.39. The van der Waals surface area contributed by atoms with Gasteiger partial charge in [0.2, 0.25) is 11.8 Å². The maximum Gasteiger partial charge on any atom is 0.220 e. The number of halogens is 1. The summed E-state index contributed by atoms with van der Waals surface area (Å²) in [7, 11) is 1.65. The van der Waals surface area contributed by atoms with Crippen LogP contribution in [-0.4, -0.2) is 23.2 Å². The number of benzene rings is 1. The van der Waals surface area contributed by atoms with E-state index in [1.807, 2.05) is 24.3 Å². The summed E-state index contributed by atoms with van der Waals surface area (Å²) in [6, 6.07) is 7.84. The molecule has 1 aromatic carbocycles. The summed E-state index contributed by atoms with van der Waals surface area (Å²) in [6.45, 7) is 0. The molecule has 0 spiro atoms. The molecule has 0 bridgehead atoms. The van der Waals surface area contributed by atoms with E-state index in [0.717, 1.165) is 30.6 Å². The van der Waals surface area contributed by atoms with Crippen molar-refractivity contribution in [3.8, 4) is 5.75 Å². The number of rotatable bonds is 7. The van der Waals surface area contributed by atoms with Crippen LogP contribution in [0.3, 0.4) is 0 Å². The highest BCUT2D eigenvalue weighted by Gasteiger charge is 2.06. The minimum absolute atomic E-state index is 0.644. The number of unbranched alkanes of at least 4 members (excludes halogenated alkanes) is 1. The van der Waals surface area contributed by atoms with Gasteiger partial charge in [0.15, 0.2) is 0 Å². The van der Waals surface area contributed by atoms with E-state index in [-0.39, 0.29) is 0 Å². The molecule has 0 atom stereocenters. The molecular weight excluding hydrogens is 264 g/mol. The van der Waals surface area contributed by atoms with E-state index < -0.39 is 0 Å². The van der Waals surface area contributed by atoms with E-state index in [1.54, 1.807) is 7.11 Å². The van der Waals surface area contributed by atoms with Crippen molar-refractivity contribution in [3.63, 3.8) is 0 Å². The van der Waals surface area contributed by atoms with Crippen LogP contribution in [0, 0.1) is 0 Å². The van der Waals surface area contributed by atoms with Crippen molar-refractivity contribution in [3.05, 3.63) is 41.6 Å². The summed E-state index contributed by atoms with van der Waals surface area (Å²) in [4.78, 5) is 0.